The number of rotatable bonds is 3. The fourth-order valence-electron chi connectivity index (χ4n) is 1.95. The van der Waals surface area contributed by atoms with Gasteiger partial charge in [-0.1, -0.05) is 24.3 Å². The van der Waals surface area contributed by atoms with Crippen LogP contribution in [0.3, 0.4) is 0 Å². The summed E-state index contributed by atoms with van der Waals surface area (Å²) < 4.78 is 0. The third-order valence-electron chi connectivity index (χ3n) is 3.01. The molecule has 0 saturated heterocycles. The van der Waals surface area contributed by atoms with Gasteiger partial charge in [-0.2, -0.15) is 0 Å². The number of benzene rings is 1. The van der Waals surface area contributed by atoms with Gasteiger partial charge < -0.3 is 11.5 Å². The Bertz CT molecular complexity index is 525. The van der Waals surface area contributed by atoms with Crippen LogP contribution in [0.1, 0.15) is 12.0 Å². The van der Waals surface area contributed by atoms with E-state index < -0.39 is 10.5 Å². The summed E-state index contributed by atoms with van der Waals surface area (Å²) in [7, 11) is 0. The van der Waals surface area contributed by atoms with Gasteiger partial charge in [-0.3, -0.25) is 10.1 Å². The molecule has 4 N–H and O–H groups in total. The standard InChI is InChI=1S/C13H15N3O2.ClH/c14-11-5-7-13(15,8-6-11)9-10-1-3-12(4-2-10)16(17)18;/h1-7H,8-9,14-15H2;1H. The minimum Gasteiger partial charge on any atom is -0.399 e. The van der Waals surface area contributed by atoms with Crippen molar-refractivity contribution in [3.05, 3.63) is 63.9 Å². The second-order valence-corrected chi connectivity index (χ2v) is 4.58. The number of non-ortho nitro benzene ring substituents is 1. The van der Waals surface area contributed by atoms with Gasteiger partial charge in [-0.15, -0.1) is 12.4 Å². The van der Waals surface area contributed by atoms with Crippen LogP contribution in [0.2, 0.25) is 0 Å². The molecule has 0 aromatic heterocycles. The molecular formula is C13H16ClN3O2. The van der Waals surface area contributed by atoms with Crippen molar-refractivity contribution >= 4 is 18.1 Å². The van der Waals surface area contributed by atoms with Gasteiger partial charge in [0, 0.05) is 23.4 Å². The molecule has 1 atom stereocenters. The lowest BCUT2D eigenvalue weighted by Crippen LogP contribution is -2.40. The molecule has 19 heavy (non-hydrogen) atoms. The van der Waals surface area contributed by atoms with E-state index in [1.54, 1.807) is 18.2 Å². The maximum atomic E-state index is 10.5. The molecule has 1 aromatic rings. The third kappa shape index (κ3) is 3.81. The van der Waals surface area contributed by atoms with E-state index >= 15 is 0 Å². The summed E-state index contributed by atoms with van der Waals surface area (Å²) in [5, 5.41) is 10.5. The number of nitro groups is 1. The third-order valence-corrected chi connectivity index (χ3v) is 3.01. The monoisotopic (exact) mass is 281 g/mol. The topological polar surface area (TPSA) is 95.2 Å². The number of nitrogens with two attached hydrogens (primary N) is 2. The molecule has 1 unspecified atom stereocenters. The molecule has 1 aliphatic carbocycles. The minimum absolute atomic E-state index is 0. The minimum atomic E-state index is -0.459. The van der Waals surface area contributed by atoms with E-state index in [1.807, 2.05) is 12.2 Å². The Morgan fingerprint density at radius 1 is 1.32 bits per heavy atom. The average Bonchev–Trinajstić information content (AvgIpc) is 2.34. The number of hydrogen-bond donors (Lipinski definition) is 2. The van der Waals surface area contributed by atoms with Crippen LogP contribution in [-0.2, 0) is 6.42 Å². The van der Waals surface area contributed by atoms with Crippen molar-refractivity contribution < 1.29 is 4.92 Å². The zero-order valence-electron chi connectivity index (χ0n) is 10.3. The van der Waals surface area contributed by atoms with Crippen molar-refractivity contribution in [2.45, 2.75) is 18.4 Å². The molecule has 2 rings (SSSR count). The molecule has 1 aliphatic rings. The van der Waals surface area contributed by atoms with Gasteiger partial charge in [0.05, 0.1) is 4.92 Å². The molecule has 0 aliphatic heterocycles. The first-order valence-electron chi connectivity index (χ1n) is 5.66. The highest BCUT2D eigenvalue weighted by Gasteiger charge is 2.23. The van der Waals surface area contributed by atoms with Crippen LogP contribution in [0.4, 0.5) is 5.69 Å². The number of nitro benzene ring substituents is 1. The highest BCUT2D eigenvalue weighted by atomic mass is 35.5. The van der Waals surface area contributed by atoms with Crippen LogP contribution < -0.4 is 11.5 Å². The molecular weight excluding hydrogens is 266 g/mol. The van der Waals surface area contributed by atoms with E-state index in [-0.39, 0.29) is 18.1 Å². The summed E-state index contributed by atoms with van der Waals surface area (Å²) in [5.41, 5.74) is 13.2. The Hall–Kier alpha value is -1.85. The lowest BCUT2D eigenvalue weighted by Gasteiger charge is -2.27. The van der Waals surface area contributed by atoms with Crippen LogP contribution in [0.25, 0.3) is 0 Å². The molecule has 5 nitrogen and oxygen atoms in total. The molecule has 0 radical (unpaired) electrons. The molecule has 0 saturated carbocycles. The van der Waals surface area contributed by atoms with E-state index in [9.17, 15) is 10.1 Å². The maximum Gasteiger partial charge on any atom is 0.269 e. The Morgan fingerprint density at radius 3 is 2.42 bits per heavy atom. The summed E-state index contributed by atoms with van der Waals surface area (Å²) in [6.45, 7) is 0. The van der Waals surface area contributed by atoms with E-state index in [4.69, 9.17) is 11.5 Å². The van der Waals surface area contributed by atoms with E-state index in [1.165, 1.54) is 12.1 Å². The zero-order valence-corrected chi connectivity index (χ0v) is 11.1. The number of halogens is 1. The van der Waals surface area contributed by atoms with Crippen LogP contribution in [0.5, 0.6) is 0 Å². The first kappa shape index (κ1) is 15.2. The highest BCUT2D eigenvalue weighted by Crippen LogP contribution is 2.22. The number of hydrogen-bond acceptors (Lipinski definition) is 4. The maximum absolute atomic E-state index is 10.5. The summed E-state index contributed by atoms with van der Waals surface area (Å²) in [6.07, 6.45) is 6.89. The van der Waals surface area contributed by atoms with Gasteiger partial charge in [0.1, 0.15) is 0 Å². The zero-order chi connectivity index (χ0) is 13.2. The molecule has 0 spiro atoms. The highest BCUT2D eigenvalue weighted by molar-refractivity contribution is 5.85. The van der Waals surface area contributed by atoms with Crippen molar-refractivity contribution in [3.63, 3.8) is 0 Å². The first-order valence-corrected chi connectivity index (χ1v) is 5.66. The summed E-state index contributed by atoms with van der Waals surface area (Å²) in [4.78, 5) is 10.1. The predicted octanol–water partition coefficient (Wildman–Crippen LogP) is 2.06. The van der Waals surface area contributed by atoms with Gasteiger partial charge in [0.25, 0.3) is 5.69 Å². The first-order chi connectivity index (χ1) is 8.48. The van der Waals surface area contributed by atoms with Crippen LogP contribution in [0.15, 0.2) is 48.2 Å². The van der Waals surface area contributed by atoms with E-state index in [0.717, 1.165) is 11.3 Å². The summed E-state index contributed by atoms with van der Waals surface area (Å²) in [5.74, 6) is 0. The predicted molar refractivity (Wildman–Crippen MR) is 77.0 cm³/mol. The van der Waals surface area contributed by atoms with Gasteiger partial charge in [0.2, 0.25) is 0 Å². The average molecular weight is 282 g/mol. The molecule has 0 bridgehead atoms. The summed E-state index contributed by atoms with van der Waals surface area (Å²) >= 11 is 0. The smallest absolute Gasteiger partial charge is 0.269 e. The van der Waals surface area contributed by atoms with E-state index in [0.29, 0.717) is 12.8 Å². The number of nitrogens with zero attached hydrogens (tertiary/aromatic N) is 1. The molecule has 1 aromatic carbocycles. The molecule has 0 heterocycles. The van der Waals surface area contributed by atoms with Gasteiger partial charge >= 0.3 is 0 Å². The molecule has 0 amide bonds. The quantitative estimate of drug-likeness (QED) is 0.655. The SMILES string of the molecule is Cl.NC1=CCC(N)(Cc2ccc([N+](=O)[O-])cc2)C=C1. The van der Waals surface area contributed by atoms with Crippen molar-refractivity contribution in [2.24, 2.45) is 11.5 Å². The van der Waals surface area contributed by atoms with Gasteiger partial charge in [0.15, 0.2) is 0 Å². The Balaban J connectivity index is 0.00000180. The fourth-order valence-corrected chi connectivity index (χ4v) is 1.95. The Morgan fingerprint density at radius 2 is 1.95 bits per heavy atom. The van der Waals surface area contributed by atoms with Gasteiger partial charge in [-0.25, -0.2) is 0 Å². The number of allylic oxidation sites excluding steroid dienone is 1. The lowest BCUT2D eigenvalue weighted by molar-refractivity contribution is -0.384. The molecule has 6 heteroatoms. The van der Waals surface area contributed by atoms with Crippen molar-refractivity contribution in [3.8, 4) is 0 Å². The van der Waals surface area contributed by atoms with Gasteiger partial charge in [-0.05, 0) is 24.5 Å². The van der Waals surface area contributed by atoms with Crippen LogP contribution in [-0.4, -0.2) is 10.5 Å². The molecule has 0 fully saturated rings. The normalized spacial score (nSPS) is 21.4. The fraction of sp³-hybridized carbons (Fsp3) is 0.231. The van der Waals surface area contributed by atoms with Crippen molar-refractivity contribution in [1.29, 1.82) is 0 Å². The Labute approximate surface area is 117 Å². The Kier molecular flexibility index (Phi) is 4.69. The van der Waals surface area contributed by atoms with Crippen molar-refractivity contribution in [2.75, 3.05) is 0 Å². The van der Waals surface area contributed by atoms with Crippen LogP contribution in [0, 0.1) is 10.1 Å². The largest absolute Gasteiger partial charge is 0.399 e. The van der Waals surface area contributed by atoms with E-state index in [2.05, 4.69) is 0 Å². The second kappa shape index (κ2) is 5.86. The van der Waals surface area contributed by atoms with Crippen LogP contribution >= 0.6 is 12.4 Å². The van der Waals surface area contributed by atoms with Crippen molar-refractivity contribution in [1.82, 2.24) is 0 Å². The lowest BCUT2D eigenvalue weighted by atomic mass is 9.85. The second-order valence-electron chi connectivity index (χ2n) is 4.58. The summed E-state index contributed by atoms with van der Waals surface area (Å²) in [6, 6.07) is 6.47. The molecule has 102 valence electrons.